The molecule has 2 amide bonds. The van der Waals surface area contributed by atoms with E-state index in [-0.39, 0.29) is 12.1 Å². The van der Waals surface area contributed by atoms with E-state index in [4.69, 9.17) is 4.98 Å². The Kier molecular flexibility index (Phi) is 4.67. The number of rotatable bonds is 3. The summed E-state index contributed by atoms with van der Waals surface area (Å²) in [6.07, 6.45) is 6.80. The topological polar surface area (TPSA) is 64.6 Å². The van der Waals surface area contributed by atoms with Crippen LogP contribution in [0.15, 0.2) is 60.9 Å². The number of fused-ring (bicyclic) bond motifs is 4. The fourth-order valence-electron chi connectivity index (χ4n) is 5.09. The first-order valence-electron chi connectivity index (χ1n) is 11.4. The zero-order valence-electron chi connectivity index (χ0n) is 17.9. The maximum atomic E-state index is 13.3. The number of benzene rings is 1. The molecule has 5 heterocycles. The number of carbonyl (C=O) groups excluding carboxylic acids is 1. The van der Waals surface area contributed by atoms with Gasteiger partial charge in [-0.15, -0.1) is 0 Å². The molecule has 0 spiro atoms. The monoisotopic (exact) mass is 426 g/mol. The number of nitrogens with one attached hydrogen (secondary N) is 1. The van der Waals surface area contributed by atoms with Crippen LogP contribution in [0, 0.1) is 0 Å². The highest BCUT2D eigenvalue weighted by Gasteiger charge is 2.40. The Hall–Kier alpha value is -3.61. The minimum absolute atomic E-state index is 0.123. The van der Waals surface area contributed by atoms with E-state index in [0.29, 0.717) is 5.69 Å². The summed E-state index contributed by atoms with van der Waals surface area (Å²) >= 11 is 0. The van der Waals surface area contributed by atoms with Gasteiger partial charge in [0, 0.05) is 43.6 Å². The predicted molar refractivity (Wildman–Crippen MR) is 127 cm³/mol. The molecule has 162 valence electrons. The predicted octanol–water partition coefficient (Wildman–Crippen LogP) is 4.37. The van der Waals surface area contributed by atoms with Gasteiger partial charge in [-0.2, -0.15) is 0 Å². The number of hydrogen-bond acceptors (Lipinski definition) is 5. The molecular formula is C25H26N6O. The van der Waals surface area contributed by atoms with Crippen molar-refractivity contribution >= 4 is 28.9 Å². The zero-order valence-corrected chi connectivity index (χ0v) is 17.9. The first-order chi connectivity index (χ1) is 15.8. The van der Waals surface area contributed by atoms with E-state index < -0.39 is 0 Å². The van der Waals surface area contributed by atoms with E-state index in [1.807, 2.05) is 17.0 Å². The number of pyridine rings is 2. The fraction of sp³-hybridized carbons (Fsp3) is 0.320. The molecule has 0 radical (unpaired) electrons. The van der Waals surface area contributed by atoms with Crippen LogP contribution in [-0.4, -0.2) is 48.2 Å². The van der Waals surface area contributed by atoms with Crippen molar-refractivity contribution in [2.75, 3.05) is 46.2 Å². The summed E-state index contributed by atoms with van der Waals surface area (Å²) in [4.78, 5) is 29.1. The standard InChI is InChI=1S/C25H26N6O/c32-25(27-19-6-4-11-26-16-19)31-21-10-14-30(17-21)23-9-8-22(28-24(23)31)18-5-3-7-20(15-18)29-12-1-2-13-29/h3-9,11,15-16,21H,1-2,10,12-14,17H2,(H,27,32)/t21-/m0/s1. The summed E-state index contributed by atoms with van der Waals surface area (Å²) in [6.45, 7) is 4.01. The molecule has 2 saturated heterocycles. The second kappa shape index (κ2) is 7.82. The van der Waals surface area contributed by atoms with Crippen molar-refractivity contribution in [1.29, 1.82) is 0 Å². The second-order valence-electron chi connectivity index (χ2n) is 8.71. The van der Waals surface area contributed by atoms with Crippen molar-refractivity contribution in [3.05, 3.63) is 60.9 Å². The smallest absolute Gasteiger partial charge is 0.327 e. The largest absolute Gasteiger partial charge is 0.372 e. The molecule has 3 aromatic rings. The van der Waals surface area contributed by atoms with Crippen LogP contribution in [-0.2, 0) is 0 Å². The lowest BCUT2D eigenvalue weighted by Gasteiger charge is -2.36. The quantitative estimate of drug-likeness (QED) is 0.674. The summed E-state index contributed by atoms with van der Waals surface area (Å²) in [6, 6.07) is 16.4. The Morgan fingerprint density at radius 1 is 1.00 bits per heavy atom. The lowest BCUT2D eigenvalue weighted by Crippen LogP contribution is -2.48. The minimum atomic E-state index is -0.152. The van der Waals surface area contributed by atoms with Gasteiger partial charge in [-0.05, 0) is 55.7 Å². The zero-order chi connectivity index (χ0) is 21.5. The van der Waals surface area contributed by atoms with E-state index in [2.05, 4.69) is 56.5 Å². The molecule has 7 heteroatoms. The molecule has 2 fully saturated rings. The van der Waals surface area contributed by atoms with Crippen LogP contribution in [0.1, 0.15) is 19.3 Å². The maximum absolute atomic E-state index is 13.3. The summed E-state index contributed by atoms with van der Waals surface area (Å²) in [5.41, 5.74) is 4.94. The molecule has 7 nitrogen and oxygen atoms in total. The maximum Gasteiger partial charge on any atom is 0.327 e. The average Bonchev–Trinajstić information content (AvgIpc) is 3.51. The molecule has 1 N–H and O–H groups in total. The van der Waals surface area contributed by atoms with Crippen molar-refractivity contribution in [1.82, 2.24) is 9.97 Å². The van der Waals surface area contributed by atoms with Gasteiger partial charge in [0.05, 0.1) is 29.3 Å². The lowest BCUT2D eigenvalue weighted by atomic mass is 10.1. The lowest BCUT2D eigenvalue weighted by molar-refractivity contribution is 0.255. The Balaban J connectivity index is 1.36. The third-order valence-electron chi connectivity index (χ3n) is 6.70. The number of anilines is 4. The highest BCUT2D eigenvalue weighted by atomic mass is 16.2. The molecule has 32 heavy (non-hydrogen) atoms. The molecule has 3 aliphatic heterocycles. The first kappa shape index (κ1) is 19.1. The summed E-state index contributed by atoms with van der Waals surface area (Å²) in [7, 11) is 0. The van der Waals surface area contributed by atoms with E-state index in [0.717, 1.165) is 55.4 Å². The summed E-state index contributed by atoms with van der Waals surface area (Å²) in [5, 5.41) is 3.00. The van der Waals surface area contributed by atoms with Crippen LogP contribution in [0.2, 0.25) is 0 Å². The molecule has 0 unspecified atom stereocenters. The third-order valence-corrected chi connectivity index (χ3v) is 6.70. The van der Waals surface area contributed by atoms with Crippen LogP contribution in [0.3, 0.4) is 0 Å². The molecule has 6 rings (SSSR count). The van der Waals surface area contributed by atoms with Crippen molar-refractivity contribution in [2.45, 2.75) is 25.3 Å². The highest BCUT2D eigenvalue weighted by Crippen LogP contribution is 2.40. The number of nitrogens with zero attached hydrogens (tertiary/aromatic N) is 5. The number of urea groups is 1. The van der Waals surface area contributed by atoms with Crippen LogP contribution >= 0.6 is 0 Å². The SMILES string of the molecule is O=C(Nc1cccnc1)N1c2nc(-c3cccc(N4CCCC4)c3)ccc2N2CC[C@H]1C2. The molecule has 1 atom stereocenters. The fourth-order valence-corrected chi connectivity index (χ4v) is 5.09. The van der Waals surface area contributed by atoms with Gasteiger partial charge in [0.2, 0.25) is 0 Å². The van der Waals surface area contributed by atoms with Crippen LogP contribution in [0.5, 0.6) is 0 Å². The molecular weight excluding hydrogens is 400 g/mol. The normalized spacial score (nSPS) is 19.2. The van der Waals surface area contributed by atoms with Gasteiger partial charge >= 0.3 is 6.03 Å². The molecule has 1 aromatic carbocycles. The third kappa shape index (κ3) is 3.34. The van der Waals surface area contributed by atoms with Gasteiger partial charge < -0.3 is 15.1 Å². The summed E-state index contributed by atoms with van der Waals surface area (Å²) < 4.78 is 0. The number of amides is 2. The van der Waals surface area contributed by atoms with E-state index >= 15 is 0 Å². The van der Waals surface area contributed by atoms with Gasteiger partial charge in [0.25, 0.3) is 0 Å². The van der Waals surface area contributed by atoms with Crippen molar-refractivity contribution < 1.29 is 4.79 Å². The van der Waals surface area contributed by atoms with Crippen LogP contribution in [0.25, 0.3) is 11.3 Å². The minimum Gasteiger partial charge on any atom is -0.372 e. The highest BCUT2D eigenvalue weighted by molar-refractivity contribution is 6.04. The van der Waals surface area contributed by atoms with Gasteiger partial charge in [-0.1, -0.05) is 12.1 Å². The van der Waals surface area contributed by atoms with Gasteiger partial charge in [-0.25, -0.2) is 9.78 Å². The van der Waals surface area contributed by atoms with Gasteiger partial charge in [0.1, 0.15) is 0 Å². The number of carbonyl (C=O) groups is 1. The number of hydrogen-bond donors (Lipinski definition) is 1. The summed E-state index contributed by atoms with van der Waals surface area (Å²) in [5.74, 6) is 0.740. The van der Waals surface area contributed by atoms with Crippen molar-refractivity contribution in [3.63, 3.8) is 0 Å². The van der Waals surface area contributed by atoms with Gasteiger partial charge in [-0.3, -0.25) is 9.88 Å². The molecule has 0 saturated carbocycles. The Labute approximate surface area is 187 Å². The molecule has 0 aliphatic carbocycles. The molecule has 3 aliphatic rings. The first-order valence-corrected chi connectivity index (χ1v) is 11.4. The van der Waals surface area contributed by atoms with Crippen LogP contribution in [0.4, 0.5) is 27.7 Å². The van der Waals surface area contributed by atoms with Gasteiger partial charge in [0.15, 0.2) is 5.82 Å². The van der Waals surface area contributed by atoms with E-state index in [1.54, 1.807) is 12.4 Å². The average molecular weight is 427 g/mol. The molecule has 2 aromatic heterocycles. The van der Waals surface area contributed by atoms with E-state index in [9.17, 15) is 4.79 Å². The Bertz CT molecular complexity index is 1140. The number of aromatic nitrogens is 2. The Morgan fingerprint density at radius 2 is 1.91 bits per heavy atom. The Morgan fingerprint density at radius 3 is 2.75 bits per heavy atom. The second-order valence-corrected chi connectivity index (χ2v) is 8.71. The van der Waals surface area contributed by atoms with Crippen molar-refractivity contribution in [3.8, 4) is 11.3 Å². The molecule has 2 bridgehead atoms. The van der Waals surface area contributed by atoms with Crippen molar-refractivity contribution in [2.24, 2.45) is 0 Å². The van der Waals surface area contributed by atoms with E-state index in [1.165, 1.54) is 18.5 Å². The van der Waals surface area contributed by atoms with Crippen LogP contribution < -0.4 is 20.0 Å².